The Hall–Kier alpha value is -3.21. The number of allylic oxidation sites excluding steroid dienone is 1. The van der Waals surface area contributed by atoms with E-state index in [1.807, 2.05) is 19.1 Å². The fraction of sp³-hybridized carbons (Fsp3) is 0.414. The zero-order chi connectivity index (χ0) is 24.3. The van der Waals surface area contributed by atoms with Crippen LogP contribution in [0.15, 0.2) is 49.1 Å². The molecule has 1 aliphatic rings. The molecule has 0 saturated carbocycles. The number of aryl methyl sites for hydroxylation is 2. The van der Waals surface area contributed by atoms with Crippen LogP contribution in [-0.4, -0.2) is 17.8 Å². The fourth-order valence-corrected chi connectivity index (χ4v) is 4.38. The lowest BCUT2D eigenvalue weighted by Gasteiger charge is -2.11. The summed E-state index contributed by atoms with van der Waals surface area (Å²) in [5.41, 5.74) is 4.49. The lowest BCUT2D eigenvalue weighted by atomic mass is 10.00. The first kappa shape index (κ1) is 25.4. The van der Waals surface area contributed by atoms with Gasteiger partial charge in [-0.1, -0.05) is 68.5 Å². The minimum absolute atomic E-state index is 0.0464. The quantitative estimate of drug-likeness (QED) is 0.162. The van der Waals surface area contributed by atoms with Crippen molar-refractivity contribution in [3.05, 3.63) is 82.4 Å². The van der Waals surface area contributed by atoms with Gasteiger partial charge in [-0.25, -0.2) is 0 Å². The molecule has 2 aromatic carbocycles. The van der Waals surface area contributed by atoms with Gasteiger partial charge in [0.25, 0.3) is 11.8 Å². The number of carbonyl (C=O) groups excluding carboxylic acids is 3. The van der Waals surface area contributed by atoms with Crippen molar-refractivity contribution >= 4 is 17.8 Å². The van der Waals surface area contributed by atoms with Gasteiger partial charge >= 0.3 is 5.97 Å². The monoisotopic (exact) mass is 461 g/mol. The van der Waals surface area contributed by atoms with Crippen LogP contribution in [0.4, 0.5) is 0 Å². The average Bonchev–Trinajstić information content (AvgIpc) is 3.11. The van der Waals surface area contributed by atoms with Crippen LogP contribution in [0, 0.1) is 6.92 Å². The average molecular weight is 462 g/mol. The van der Waals surface area contributed by atoms with E-state index in [-0.39, 0.29) is 18.6 Å². The van der Waals surface area contributed by atoms with Gasteiger partial charge in [-0.3, -0.25) is 19.7 Å². The third-order valence-electron chi connectivity index (χ3n) is 6.35. The summed E-state index contributed by atoms with van der Waals surface area (Å²) < 4.78 is 5.47. The molecule has 2 amide bonds. The zero-order valence-corrected chi connectivity index (χ0v) is 20.2. The van der Waals surface area contributed by atoms with Crippen LogP contribution in [0.2, 0.25) is 0 Å². The number of imide groups is 1. The molecule has 180 valence electrons. The van der Waals surface area contributed by atoms with Crippen LogP contribution in [-0.2, 0) is 29.0 Å². The Morgan fingerprint density at radius 3 is 2.41 bits per heavy atom. The second-order valence-corrected chi connectivity index (χ2v) is 9.02. The van der Waals surface area contributed by atoms with Crippen molar-refractivity contribution < 1.29 is 19.1 Å². The van der Waals surface area contributed by atoms with Crippen LogP contribution in [0.3, 0.4) is 0 Å². The number of rotatable bonds is 14. The first-order chi connectivity index (χ1) is 16.5. The topological polar surface area (TPSA) is 72.5 Å². The minimum Gasteiger partial charge on any atom is -0.461 e. The van der Waals surface area contributed by atoms with E-state index in [2.05, 4.69) is 24.0 Å². The van der Waals surface area contributed by atoms with E-state index in [1.165, 1.54) is 50.5 Å². The van der Waals surface area contributed by atoms with Gasteiger partial charge in [0.05, 0.1) is 17.5 Å². The van der Waals surface area contributed by atoms with E-state index in [0.717, 1.165) is 24.0 Å². The van der Waals surface area contributed by atoms with Gasteiger partial charge in [-0.05, 0) is 60.9 Å². The third-order valence-corrected chi connectivity index (χ3v) is 6.35. The Morgan fingerprint density at radius 2 is 1.68 bits per heavy atom. The molecule has 5 heteroatoms. The Labute approximate surface area is 202 Å². The van der Waals surface area contributed by atoms with Crippen LogP contribution in [0.1, 0.15) is 94.3 Å². The molecule has 0 aromatic heterocycles. The molecular formula is C29H35NO4. The first-order valence-corrected chi connectivity index (χ1v) is 12.3. The maximum absolute atomic E-state index is 12.4. The fourth-order valence-electron chi connectivity index (χ4n) is 4.38. The summed E-state index contributed by atoms with van der Waals surface area (Å²) in [7, 11) is 0. The van der Waals surface area contributed by atoms with E-state index in [1.54, 1.807) is 18.2 Å². The molecule has 2 aromatic rings. The van der Waals surface area contributed by atoms with Gasteiger partial charge in [-0.2, -0.15) is 0 Å². The normalized spacial score (nSPS) is 12.4. The van der Waals surface area contributed by atoms with Crippen molar-refractivity contribution in [1.29, 1.82) is 0 Å². The number of ether oxygens (including phenoxy) is 1. The number of benzene rings is 2. The highest BCUT2D eigenvalue weighted by atomic mass is 16.5. The van der Waals surface area contributed by atoms with E-state index >= 15 is 0 Å². The van der Waals surface area contributed by atoms with E-state index in [0.29, 0.717) is 11.1 Å². The van der Waals surface area contributed by atoms with Crippen molar-refractivity contribution in [2.75, 3.05) is 0 Å². The molecule has 1 N–H and O–H groups in total. The number of carbonyl (C=O) groups is 3. The summed E-state index contributed by atoms with van der Waals surface area (Å²) in [6.07, 6.45) is 13.1. The Kier molecular flexibility index (Phi) is 9.62. The Morgan fingerprint density at radius 1 is 0.941 bits per heavy atom. The minimum atomic E-state index is -0.460. The molecule has 0 saturated heterocycles. The molecular weight excluding hydrogens is 426 g/mol. The molecule has 3 rings (SSSR count). The molecule has 0 aliphatic carbocycles. The van der Waals surface area contributed by atoms with Gasteiger partial charge in [0.2, 0.25) is 0 Å². The molecule has 0 fully saturated rings. The molecule has 1 heterocycles. The number of unbranched alkanes of at least 4 members (excludes halogenated alkanes) is 7. The van der Waals surface area contributed by atoms with E-state index < -0.39 is 17.8 Å². The molecule has 5 nitrogen and oxygen atoms in total. The molecule has 1 aliphatic heterocycles. The number of amides is 2. The summed E-state index contributed by atoms with van der Waals surface area (Å²) in [6, 6.07) is 11.3. The molecule has 0 radical (unpaired) electrons. The van der Waals surface area contributed by atoms with Crippen LogP contribution in [0.5, 0.6) is 0 Å². The second-order valence-electron chi connectivity index (χ2n) is 9.02. The summed E-state index contributed by atoms with van der Waals surface area (Å²) in [5, 5.41) is 2.27. The van der Waals surface area contributed by atoms with Gasteiger partial charge in [0.1, 0.15) is 6.61 Å². The Balaban J connectivity index is 1.40. The maximum atomic E-state index is 12.4. The van der Waals surface area contributed by atoms with Crippen molar-refractivity contribution in [2.24, 2.45) is 0 Å². The predicted molar refractivity (Wildman–Crippen MR) is 134 cm³/mol. The zero-order valence-electron chi connectivity index (χ0n) is 20.2. The van der Waals surface area contributed by atoms with Gasteiger partial charge in [0, 0.05) is 0 Å². The number of fused-ring (bicyclic) bond motifs is 1. The van der Waals surface area contributed by atoms with Crippen molar-refractivity contribution in [3.8, 4) is 0 Å². The Bertz CT molecular complexity index is 1040. The lowest BCUT2D eigenvalue weighted by molar-refractivity contribution is -0.144. The summed E-state index contributed by atoms with van der Waals surface area (Å²) >= 11 is 0. The molecule has 0 atom stereocenters. The SMILES string of the molecule is C=CCCCCCCCCCc1ccc(COC(=O)Cc2cccc3c2C(=O)NC3=O)c(C)c1. The number of hydrogen-bond donors (Lipinski definition) is 1. The summed E-state index contributed by atoms with van der Waals surface area (Å²) in [4.78, 5) is 36.2. The highest BCUT2D eigenvalue weighted by Gasteiger charge is 2.29. The number of hydrogen-bond acceptors (Lipinski definition) is 4. The van der Waals surface area contributed by atoms with Crippen molar-refractivity contribution in [2.45, 2.75) is 77.7 Å². The summed E-state index contributed by atoms with van der Waals surface area (Å²) in [5.74, 6) is -1.31. The highest BCUT2D eigenvalue weighted by molar-refractivity contribution is 6.22. The van der Waals surface area contributed by atoms with Crippen LogP contribution < -0.4 is 5.32 Å². The predicted octanol–water partition coefficient (Wildman–Crippen LogP) is 6.01. The van der Waals surface area contributed by atoms with Crippen molar-refractivity contribution in [1.82, 2.24) is 5.32 Å². The van der Waals surface area contributed by atoms with E-state index in [4.69, 9.17) is 4.74 Å². The van der Waals surface area contributed by atoms with Crippen LogP contribution >= 0.6 is 0 Å². The number of esters is 1. The maximum Gasteiger partial charge on any atom is 0.310 e. The highest BCUT2D eigenvalue weighted by Crippen LogP contribution is 2.21. The van der Waals surface area contributed by atoms with Gasteiger partial charge < -0.3 is 4.74 Å². The molecule has 34 heavy (non-hydrogen) atoms. The lowest BCUT2D eigenvalue weighted by Crippen LogP contribution is -2.20. The van der Waals surface area contributed by atoms with Gasteiger partial charge in [0.15, 0.2) is 0 Å². The second kappa shape index (κ2) is 12.9. The number of nitrogens with one attached hydrogen (secondary N) is 1. The largest absolute Gasteiger partial charge is 0.461 e. The molecule has 0 unspecified atom stereocenters. The smallest absolute Gasteiger partial charge is 0.310 e. The van der Waals surface area contributed by atoms with Crippen LogP contribution in [0.25, 0.3) is 0 Å². The molecule has 0 spiro atoms. The standard InChI is InChI=1S/C29H35NO4/c1-3-4-5-6-7-8-9-10-11-13-22-16-17-24(21(2)18-22)20-34-26(31)19-23-14-12-15-25-27(23)29(33)30-28(25)32/h3,12,14-18H,1,4-11,13,19-20H2,2H3,(H,30,32,33). The summed E-state index contributed by atoms with van der Waals surface area (Å²) in [6.45, 7) is 5.99. The third kappa shape index (κ3) is 7.14. The van der Waals surface area contributed by atoms with Crippen molar-refractivity contribution in [3.63, 3.8) is 0 Å². The molecule has 0 bridgehead atoms. The van der Waals surface area contributed by atoms with Gasteiger partial charge in [-0.15, -0.1) is 6.58 Å². The first-order valence-electron chi connectivity index (χ1n) is 12.3. The van der Waals surface area contributed by atoms with E-state index in [9.17, 15) is 14.4 Å².